The fourth-order valence-electron chi connectivity index (χ4n) is 5.61. The van der Waals surface area contributed by atoms with Crippen LogP contribution in [0, 0.1) is 13.8 Å². The fraction of sp³-hybridized carbons (Fsp3) is 0.211. The number of benzene rings is 2. The highest BCUT2D eigenvalue weighted by molar-refractivity contribution is 6.34. The molecule has 0 spiro atoms. The number of rotatable bonds is 9. The number of hydrogen-bond donors (Lipinski definition) is 1. The van der Waals surface area contributed by atoms with E-state index in [1.54, 1.807) is 32.2 Å². The second kappa shape index (κ2) is 19.4. The van der Waals surface area contributed by atoms with Gasteiger partial charge >= 0.3 is 11.5 Å². The van der Waals surface area contributed by atoms with Gasteiger partial charge in [-0.15, -0.1) is 21.8 Å². The van der Waals surface area contributed by atoms with E-state index in [1.165, 1.54) is 32.8 Å². The number of halogens is 5. The predicted octanol–water partition coefficient (Wildman–Crippen LogP) is 6.60. The van der Waals surface area contributed by atoms with Crippen LogP contribution in [0.1, 0.15) is 34.0 Å². The summed E-state index contributed by atoms with van der Waals surface area (Å²) in [4.78, 5) is 66.1. The Morgan fingerprint density at radius 3 is 1.64 bits per heavy atom. The number of H-pyrrole nitrogens is 1. The van der Waals surface area contributed by atoms with Gasteiger partial charge in [-0.25, -0.2) is 29.5 Å². The molecule has 0 saturated carbocycles. The van der Waals surface area contributed by atoms with Crippen molar-refractivity contribution in [3.63, 3.8) is 0 Å². The molecule has 0 saturated heterocycles. The number of alkyl halides is 1. The number of aryl methyl sites for hydroxylation is 6. The summed E-state index contributed by atoms with van der Waals surface area (Å²) >= 11 is 29.0. The quantitative estimate of drug-likeness (QED) is 0.120. The molecule has 0 aliphatic rings. The third-order valence-corrected chi connectivity index (χ3v) is 9.87. The molecule has 8 rings (SSSR count). The largest absolute Gasteiger partial charge is 0.437 e. The average Bonchev–Trinajstić information content (AvgIpc) is 3.78. The van der Waals surface area contributed by atoms with Crippen LogP contribution in [-0.2, 0) is 38.4 Å². The van der Waals surface area contributed by atoms with Crippen LogP contribution in [0.25, 0.3) is 21.8 Å². The lowest BCUT2D eigenvalue weighted by atomic mass is 10.1. The zero-order chi connectivity index (χ0) is 42.2. The summed E-state index contributed by atoms with van der Waals surface area (Å²) in [6, 6.07) is 14.8. The molecule has 1 N–H and O–H groups in total. The molecule has 0 unspecified atom stereocenters. The summed E-state index contributed by atoms with van der Waals surface area (Å²) in [5.41, 5.74) is 3.81. The van der Waals surface area contributed by atoms with Crippen molar-refractivity contribution in [3.8, 4) is 0 Å². The van der Waals surface area contributed by atoms with Gasteiger partial charge in [-0.05, 0) is 73.2 Å². The van der Waals surface area contributed by atoms with Gasteiger partial charge in [-0.1, -0.05) is 70.7 Å². The summed E-state index contributed by atoms with van der Waals surface area (Å²) in [6.07, 6.45) is 7.00. The number of fused-ring (bicyclic) bond motifs is 2. The van der Waals surface area contributed by atoms with Gasteiger partial charge in [0.25, 0.3) is 11.1 Å². The van der Waals surface area contributed by atoms with Crippen LogP contribution >= 0.6 is 58.0 Å². The Hall–Kier alpha value is -5.65. The molecule has 0 aliphatic heterocycles. The highest BCUT2D eigenvalue weighted by atomic mass is 35.5. The molecule has 0 amide bonds. The molecule has 2 aromatic carbocycles. The van der Waals surface area contributed by atoms with E-state index in [0.717, 1.165) is 16.7 Å². The molecule has 0 bridgehead atoms. The van der Waals surface area contributed by atoms with Gasteiger partial charge in [0, 0.05) is 22.4 Å². The van der Waals surface area contributed by atoms with Crippen LogP contribution in [0.15, 0.2) is 102 Å². The molecule has 6 aromatic heterocycles. The van der Waals surface area contributed by atoms with Gasteiger partial charge in [0.2, 0.25) is 11.8 Å². The van der Waals surface area contributed by atoms with E-state index in [1.807, 2.05) is 36.4 Å². The minimum atomic E-state index is -0.584. The van der Waals surface area contributed by atoms with Crippen molar-refractivity contribution in [3.05, 3.63) is 170 Å². The highest BCUT2D eigenvalue weighted by Gasteiger charge is 2.15. The maximum absolute atomic E-state index is 12.8. The van der Waals surface area contributed by atoms with E-state index in [4.69, 9.17) is 66.8 Å². The monoisotopic (exact) mass is 898 g/mol. The molecule has 304 valence electrons. The molecule has 0 atom stereocenters. The second-order valence-corrected chi connectivity index (χ2v) is 14.5. The minimum absolute atomic E-state index is 0.0235. The summed E-state index contributed by atoms with van der Waals surface area (Å²) < 4.78 is 13.8. The summed E-state index contributed by atoms with van der Waals surface area (Å²) in [5.74, 6) is -0.600. The number of nitrogens with zero attached hydrogens (tertiary/aromatic N) is 9. The Morgan fingerprint density at radius 2 is 1.14 bits per heavy atom. The van der Waals surface area contributed by atoms with Crippen LogP contribution in [0.4, 0.5) is 0 Å². The third-order valence-electron chi connectivity index (χ3n) is 8.58. The van der Waals surface area contributed by atoms with Crippen molar-refractivity contribution in [2.24, 2.45) is 0 Å². The van der Waals surface area contributed by atoms with Crippen molar-refractivity contribution in [1.29, 1.82) is 0 Å². The van der Waals surface area contributed by atoms with Gasteiger partial charge in [0.05, 0.1) is 36.5 Å². The van der Waals surface area contributed by atoms with Crippen molar-refractivity contribution in [2.45, 2.75) is 52.2 Å². The Kier molecular flexibility index (Phi) is 14.1. The minimum Gasteiger partial charge on any atom is -0.391 e. The zero-order valence-corrected chi connectivity index (χ0v) is 34.8. The van der Waals surface area contributed by atoms with Gasteiger partial charge in [0.15, 0.2) is 10.3 Å². The van der Waals surface area contributed by atoms with Crippen LogP contribution in [0.3, 0.4) is 0 Å². The first-order chi connectivity index (χ1) is 28.3. The Bertz CT molecular complexity index is 2980. The van der Waals surface area contributed by atoms with Crippen molar-refractivity contribution in [2.75, 3.05) is 0 Å². The molecular formula is C38H31Cl5N10O6. The average molecular weight is 901 g/mol. The predicted molar refractivity (Wildman–Crippen MR) is 224 cm³/mol. The molecule has 0 fully saturated rings. The molecule has 0 aliphatic carbocycles. The number of aromatic nitrogens is 10. The Balaban J connectivity index is 0.000000165. The lowest BCUT2D eigenvalue weighted by Crippen LogP contribution is -2.22. The van der Waals surface area contributed by atoms with E-state index < -0.39 is 11.5 Å². The second-order valence-electron chi connectivity index (χ2n) is 12.7. The van der Waals surface area contributed by atoms with Gasteiger partial charge in [-0.3, -0.25) is 14.2 Å². The Morgan fingerprint density at radius 1 is 0.644 bits per heavy atom. The first-order valence-electron chi connectivity index (χ1n) is 17.5. The van der Waals surface area contributed by atoms with Crippen molar-refractivity contribution >= 4 is 79.8 Å². The normalized spacial score (nSPS) is 11.0. The van der Waals surface area contributed by atoms with E-state index in [0.29, 0.717) is 63.3 Å². The van der Waals surface area contributed by atoms with Gasteiger partial charge in [-0.2, -0.15) is 9.36 Å². The number of nitrogens with one attached hydrogen (secondary N) is 1. The zero-order valence-electron chi connectivity index (χ0n) is 31.0. The molecule has 21 heteroatoms. The van der Waals surface area contributed by atoms with Gasteiger partial charge in [0.1, 0.15) is 23.5 Å². The van der Waals surface area contributed by atoms with Crippen LogP contribution in [-0.4, -0.2) is 49.0 Å². The van der Waals surface area contributed by atoms with Crippen LogP contribution in [0.5, 0.6) is 0 Å². The smallest absolute Gasteiger partial charge is 0.391 e. The summed E-state index contributed by atoms with van der Waals surface area (Å²) in [7, 11) is 0. The highest BCUT2D eigenvalue weighted by Crippen LogP contribution is 2.19. The molecular weight excluding hydrogens is 870 g/mol. The number of hydrogen-bond acceptors (Lipinski definition) is 12. The van der Waals surface area contributed by atoms with Crippen molar-refractivity contribution in [1.82, 2.24) is 49.0 Å². The maximum atomic E-state index is 12.8. The molecule has 8 aromatic rings. The van der Waals surface area contributed by atoms with E-state index in [-0.39, 0.29) is 45.6 Å². The molecule has 0 radical (unpaired) electrons. The first-order valence-corrected chi connectivity index (χ1v) is 19.5. The third kappa shape index (κ3) is 10.7. The summed E-state index contributed by atoms with van der Waals surface area (Å²) in [6.45, 7) is 4.33. The summed E-state index contributed by atoms with van der Waals surface area (Å²) in [5, 5.41) is 10.8. The molecule has 16 nitrogen and oxygen atoms in total. The molecule has 59 heavy (non-hydrogen) atoms. The topological polar surface area (TPSA) is 202 Å². The maximum Gasteiger partial charge on any atom is 0.437 e. The Labute approximate surface area is 358 Å². The number of pyridine rings is 2. The van der Waals surface area contributed by atoms with Crippen LogP contribution in [0.2, 0.25) is 20.4 Å². The lowest BCUT2D eigenvalue weighted by Gasteiger charge is -2.06. The fourth-order valence-corrected chi connectivity index (χ4v) is 6.36. The van der Waals surface area contributed by atoms with Gasteiger partial charge < -0.3 is 13.8 Å². The van der Waals surface area contributed by atoms with E-state index >= 15 is 0 Å². The number of aromatic amines is 1. The first kappa shape index (κ1) is 42.9. The SMILES string of the molecule is Cc1cnc(Cl)c2nc[nH]c(=O)c12.Cc1cnc(Cl)c2ncn(Cc3nn(CCc4ccc(Cl)cc4)c(=O)o3)c(=O)c12.O=c1oc(CCl)nn1CCc1ccc(Cl)cc1. The van der Waals surface area contributed by atoms with E-state index in [9.17, 15) is 19.2 Å². The van der Waals surface area contributed by atoms with Crippen LogP contribution < -0.4 is 22.6 Å². The van der Waals surface area contributed by atoms with Crippen molar-refractivity contribution < 1.29 is 8.83 Å². The lowest BCUT2D eigenvalue weighted by molar-refractivity contribution is 0.434. The van der Waals surface area contributed by atoms with E-state index in [2.05, 4.69) is 35.1 Å². The standard InChI is InChI=1S/C19H15Cl2N5O3.C11H10Cl2N2O2.C8H6ClN3O/c1-11-8-22-17(21)16-15(11)18(27)25(10-23-16)9-14-24-26(19(28)29-14)7-6-12-2-4-13(20)5-3-12;12-7-10-14-15(11(16)17-10)6-5-8-1-3-9(13)4-2-8;1-4-2-10-7(9)6-5(4)8(13)12-3-11-6/h2-5,8,10H,6-7,9H2,1H3;1-4H,5-7H2;2-3H,1H3,(H,11,12,13). The molecule has 6 heterocycles.